The van der Waals surface area contributed by atoms with Crippen LogP contribution in [0, 0.1) is 11.6 Å². The van der Waals surface area contributed by atoms with Gasteiger partial charge in [0.05, 0.1) is 11.6 Å². The second-order valence-corrected chi connectivity index (χ2v) is 7.37. The van der Waals surface area contributed by atoms with Crippen LogP contribution in [0.3, 0.4) is 0 Å². The Morgan fingerprint density at radius 2 is 1.71 bits per heavy atom. The van der Waals surface area contributed by atoms with Gasteiger partial charge in [0.25, 0.3) is 11.8 Å². The molecule has 0 spiro atoms. The number of carbonyl (C=O) groups excluding carboxylic acids is 2. The third kappa shape index (κ3) is 4.82. The van der Waals surface area contributed by atoms with Crippen LogP contribution in [0.5, 0.6) is 5.88 Å². The molecule has 0 aliphatic rings. The van der Waals surface area contributed by atoms with E-state index in [0.29, 0.717) is 0 Å². The molecule has 0 saturated heterocycles. The highest BCUT2D eigenvalue weighted by Gasteiger charge is 2.33. The second kappa shape index (κ2) is 8.33. The Balaban J connectivity index is 2.40. The van der Waals surface area contributed by atoms with Crippen molar-refractivity contribution in [1.29, 1.82) is 0 Å². The van der Waals surface area contributed by atoms with E-state index in [4.69, 9.17) is 4.74 Å². The largest absolute Gasteiger partial charge is 0.474 e. The predicted molar refractivity (Wildman–Crippen MR) is 99.7 cm³/mol. The van der Waals surface area contributed by atoms with Crippen LogP contribution < -0.4 is 10.2 Å². The van der Waals surface area contributed by atoms with Crippen molar-refractivity contribution < 1.29 is 23.1 Å². The van der Waals surface area contributed by atoms with Gasteiger partial charge in [-0.1, -0.05) is 6.07 Å². The molecule has 6 nitrogen and oxygen atoms in total. The van der Waals surface area contributed by atoms with Gasteiger partial charge in [-0.05, 0) is 58.9 Å². The van der Waals surface area contributed by atoms with Gasteiger partial charge >= 0.3 is 0 Å². The summed E-state index contributed by atoms with van der Waals surface area (Å²) in [7, 11) is 0. The third-order valence-electron chi connectivity index (χ3n) is 3.63. The molecule has 2 aromatic rings. The zero-order valence-electron chi connectivity index (χ0n) is 16.4. The summed E-state index contributed by atoms with van der Waals surface area (Å²) in [6, 6.07) is 6.15. The Kier molecular flexibility index (Phi) is 6.33. The summed E-state index contributed by atoms with van der Waals surface area (Å²) in [5.41, 5.74) is 0.754. The molecule has 0 bridgehead atoms. The Labute approximate surface area is 162 Å². The highest BCUT2D eigenvalue weighted by molar-refractivity contribution is 6.00. The number of amides is 2. The second-order valence-electron chi connectivity index (χ2n) is 7.37. The molecule has 0 unspecified atom stereocenters. The summed E-state index contributed by atoms with van der Waals surface area (Å²) in [5, 5.41) is 1.01. The number of nitrogens with one attached hydrogen (secondary N) is 1. The zero-order chi connectivity index (χ0) is 21.1. The van der Waals surface area contributed by atoms with Crippen molar-refractivity contribution in [1.82, 2.24) is 15.4 Å². The predicted octanol–water partition coefficient (Wildman–Crippen LogP) is 3.73. The summed E-state index contributed by atoms with van der Waals surface area (Å²) >= 11 is 0. The van der Waals surface area contributed by atoms with Gasteiger partial charge in [0.15, 0.2) is 0 Å². The maximum atomic E-state index is 13.9. The van der Waals surface area contributed by atoms with Crippen LogP contribution in [0.2, 0.25) is 0 Å². The smallest absolute Gasteiger partial charge is 0.278 e. The van der Waals surface area contributed by atoms with E-state index in [0.717, 1.165) is 23.2 Å². The Bertz CT molecular complexity index is 859. The van der Waals surface area contributed by atoms with Crippen molar-refractivity contribution in [3.63, 3.8) is 0 Å². The van der Waals surface area contributed by atoms with Crippen molar-refractivity contribution >= 4 is 11.8 Å². The first-order chi connectivity index (χ1) is 13.0. The van der Waals surface area contributed by atoms with E-state index >= 15 is 0 Å². The average molecular weight is 391 g/mol. The van der Waals surface area contributed by atoms with Gasteiger partial charge in [-0.3, -0.25) is 15.0 Å². The average Bonchev–Trinajstić information content (AvgIpc) is 2.58. The Hall–Kier alpha value is -3.03. The lowest BCUT2D eigenvalue weighted by Gasteiger charge is -2.35. The number of halogens is 2. The van der Waals surface area contributed by atoms with Gasteiger partial charge in [-0.15, -0.1) is 0 Å². The summed E-state index contributed by atoms with van der Waals surface area (Å²) in [5.74, 6) is -3.65. The standard InChI is InChI=1S/C20H23F2N3O3/c1-12(2)28-18-13(8-7-11-23-18)19(27)25(20(3,4)5)24-17(26)16-14(21)9-6-10-15(16)22/h6-12H,1-5H3,(H,24,26). The number of ether oxygens (including phenoxy) is 1. The fourth-order valence-electron chi connectivity index (χ4n) is 2.39. The fourth-order valence-corrected chi connectivity index (χ4v) is 2.39. The van der Waals surface area contributed by atoms with Gasteiger partial charge in [0.1, 0.15) is 22.8 Å². The molecule has 1 aromatic heterocycles. The Morgan fingerprint density at radius 3 is 2.25 bits per heavy atom. The number of hydrogen-bond donors (Lipinski definition) is 1. The lowest BCUT2D eigenvalue weighted by Crippen LogP contribution is -2.56. The molecule has 1 N–H and O–H groups in total. The van der Waals surface area contributed by atoms with Crippen molar-refractivity contribution in [2.24, 2.45) is 0 Å². The molecule has 2 amide bonds. The molecule has 1 heterocycles. The monoisotopic (exact) mass is 391 g/mol. The van der Waals surface area contributed by atoms with Crippen LogP contribution in [0.4, 0.5) is 8.78 Å². The van der Waals surface area contributed by atoms with Gasteiger partial charge < -0.3 is 4.74 Å². The molecule has 0 saturated carbocycles. The van der Waals surface area contributed by atoms with E-state index in [1.165, 1.54) is 12.3 Å². The molecule has 2 rings (SSSR count). The van der Waals surface area contributed by atoms with Gasteiger partial charge in [-0.2, -0.15) is 0 Å². The van der Waals surface area contributed by atoms with Gasteiger partial charge in [0, 0.05) is 6.20 Å². The molecule has 1 aromatic carbocycles. The highest BCUT2D eigenvalue weighted by atomic mass is 19.1. The summed E-state index contributed by atoms with van der Waals surface area (Å²) in [6.45, 7) is 8.58. The molecule has 0 atom stereocenters. The summed E-state index contributed by atoms with van der Waals surface area (Å²) < 4.78 is 33.5. The zero-order valence-corrected chi connectivity index (χ0v) is 16.4. The lowest BCUT2D eigenvalue weighted by atomic mass is 10.1. The quantitative estimate of drug-likeness (QED) is 0.806. The summed E-state index contributed by atoms with van der Waals surface area (Å²) in [4.78, 5) is 29.7. The maximum absolute atomic E-state index is 13.9. The van der Waals surface area contributed by atoms with Gasteiger partial charge in [0.2, 0.25) is 5.88 Å². The number of benzene rings is 1. The fraction of sp³-hybridized carbons (Fsp3) is 0.350. The van der Waals surface area contributed by atoms with E-state index < -0.39 is 34.6 Å². The first-order valence-corrected chi connectivity index (χ1v) is 8.73. The third-order valence-corrected chi connectivity index (χ3v) is 3.63. The molecular formula is C20H23F2N3O3. The molecule has 0 radical (unpaired) electrons. The van der Waals surface area contributed by atoms with Gasteiger partial charge in [-0.25, -0.2) is 18.8 Å². The lowest BCUT2D eigenvalue weighted by molar-refractivity contribution is 0.0350. The van der Waals surface area contributed by atoms with Crippen molar-refractivity contribution in [2.45, 2.75) is 46.3 Å². The number of hydrogen-bond acceptors (Lipinski definition) is 4. The highest BCUT2D eigenvalue weighted by Crippen LogP contribution is 2.22. The summed E-state index contributed by atoms with van der Waals surface area (Å²) in [6.07, 6.45) is 1.25. The van der Waals surface area contributed by atoms with Crippen LogP contribution in [0.25, 0.3) is 0 Å². The number of nitrogens with zero attached hydrogens (tertiary/aromatic N) is 2. The molecule has 0 aliphatic heterocycles. The van der Waals surface area contributed by atoms with E-state index in [-0.39, 0.29) is 17.5 Å². The van der Waals surface area contributed by atoms with E-state index in [9.17, 15) is 18.4 Å². The molecule has 150 valence electrons. The van der Waals surface area contributed by atoms with E-state index in [1.807, 2.05) is 0 Å². The topological polar surface area (TPSA) is 71.5 Å². The van der Waals surface area contributed by atoms with Crippen LogP contribution in [0.15, 0.2) is 36.5 Å². The number of carbonyl (C=O) groups is 2. The minimum atomic E-state index is -1.07. The SMILES string of the molecule is CC(C)Oc1ncccc1C(=O)N(NC(=O)c1c(F)cccc1F)C(C)(C)C. The van der Waals surface area contributed by atoms with E-state index in [1.54, 1.807) is 40.7 Å². The van der Waals surface area contributed by atoms with Crippen molar-refractivity contribution in [3.8, 4) is 5.88 Å². The normalized spacial score (nSPS) is 11.3. The van der Waals surface area contributed by atoms with Crippen LogP contribution in [-0.2, 0) is 0 Å². The molecule has 0 fully saturated rings. The Morgan fingerprint density at radius 1 is 1.11 bits per heavy atom. The number of aromatic nitrogens is 1. The number of pyridine rings is 1. The van der Waals surface area contributed by atoms with Crippen molar-refractivity contribution in [2.75, 3.05) is 0 Å². The number of hydrazine groups is 1. The van der Waals surface area contributed by atoms with Crippen LogP contribution in [-0.4, -0.2) is 33.5 Å². The molecule has 8 heteroatoms. The first-order valence-electron chi connectivity index (χ1n) is 8.73. The molecule has 0 aliphatic carbocycles. The molecule has 28 heavy (non-hydrogen) atoms. The minimum absolute atomic E-state index is 0.100. The van der Waals surface area contributed by atoms with Crippen LogP contribution >= 0.6 is 0 Å². The number of rotatable bonds is 4. The molecular weight excluding hydrogens is 368 g/mol. The maximum Gasteiger partial charge on any atom is 0.278 e. The van der Waals surface area contributed by atoms with E-state index in [2.05, 4.69) is 10.4 Å². The van der Waals surface area contributed by atoms with Crippen molar-refractivity contribution in [3.05, 3.63) is 59.3 Å². The minimum Gasteiger partial charge on any atom is -0.474 e. The van der Waals surface area contributed by atoms with Crippen LogP contribution in [0.1, 0.15) is 55.3 Å². The first kappa shape index (κ1) is 21.3.